The quantitative estimate of drug-likeness (QED) is 0.827. The standard InChI is InChI=1S/C16H21F3N2O2S/c17-16(18,19)14-2-1-3-15(10-14)21-7-5-20(6-8-21)11-13-4-9-24(22,23)12-13/h1-3,10,13H,4-9,11-12H2. The number of anilines is 1. The molecule has 4 nitrogen and oxygen atoms in total. The smallest absolute Gasteiger partial charge is 0.369 e. The number of hydrogen-bond acceptors (Lipinski definition) is 4. The number of rotatable bonds is 3. The summed E-state index contributed by atoms with van der Waals surface area (Å²) in [6.07, 6.45) is -3.61. The van der Waals surface area contributed by atoms with Crippen LogP contribution >= 0.6 is 0 Å². The summed E-state index contributed by atoms with van der Waals surface area (Å²) in [6, 6.07) is 5.42. The zero-order chi connectivity index (χ0) is 17.4. The number of alkyl halides is 3. The number of hydrogen-bond donors (Lipinski definition) is 0. The van der Waals surface area contributed by atoms with E-state index in [1.54, 1.807) is 6.07 Å². The number of sulfone groups is 1. The molecule has 1 aromatic carbocycles. The second-order valence-corrected chi connectivity index (χ2v) is 8.83. The highest BCUT2D eigenvalue weighted by atomic mass is 32.2. The predicted molar refractivity (Wildman–Crippen MR) is 86.9 cm³/mol. The minimum atomic E-state index is -4.33. The molecule has 1 unspecified atom stereocenters. The van der Waals surface area contributed by atoms with E-state index >= 15 is 0 Å². The van der Waals surface area contributed by atoms with Crippen LogP contribution in [0.15, 0.2) is 24.3 Å². The molecule has 0 amide bonds. The van der Waals surface area contributed by atoms with Gasteiger partial charge in [0, 0.05) is 38.4 Å². The van der Waals surface area contributed by atoms with E-state index in [2.05, 4.69) is 4.90 Å². The summed E-state index contributed by atoms with van der Waals surface area (Å²) in [5, 5.41) is 0. The highest BCUT2D eigenvalue weighted by molar-refractivity contribution is 7.91. The van der Waals surface area contributed by atoms with Crippen LogP contribution < -0.4 is 4.90 Å². The average Bonchev–Trinajstić information content (AvgIpc) is 2.86. The zero-order valence-corrected chi connectivity index (χ0v) is 14.1. The number of benzene rings is 1. The molecule has 0 aromatic heterocycles. The van der Waals surface area contributed by atoms with Gasteiger partial charge in [0.2, 0.25) is 0 Å². The van der Waals surface area contributed by atoms with Crippen molar-refractivity contribution in [1.29, 1.82) is 0 Å². The molecule has 1 aromatic rings. The zero-order valence-electron chi connectivity index (χ0n) is 13.3. The Hall–Kier alpha value is -1.28. The van der Waals surface area contributed by atoms with Gasteiger partial charge in [0.05, 0.1) is 17.1 Å². The molecule has 3 rings (SSSR count). The summed E-state index contributed by atoms with van der Waals surface area (Å²) in [5.74, 6) is 0.734. The van der Waals surface area contributed by atoms with Crippen molar-refractivity contribution in [2.45, 2.75) is 12.6 Å². The van der Waals surface area contributed by atoms with Crippen molar-refractivity contribution in [3.8, 4) is 0 Å². The van der Waals surface area contributed by atoms with Crippen molar-refractivity contribution in [3.05, 3.63) is 29.8 Å². The fourth-order valence-corrected chi connectivity index (χ4v) is 5.30. The fraction of sp³-hybridized carbons (Fsp3) is 0.625. The minimum absolute atomic E-state index is 0.190. The Morgan fingerprint density at radius 2 is 1.83 bits per heavy atom. The first kappa shape index (κ1) is 17.5. The normalized spacial score (nSPS) is 25.1. The number of nitrogens with zero attached hydrogens (tertiary/aromatic N) is 2. The van der Waals surface area contributed by atoms with E-state index in [4.69, 9.17) is 0 Å². The Balaban J connectivity index is 1.56. The van der Waals surface area contributed by atoms with Gasteiger partial charge in [-0.25, -0.2) is 8.42 Å². The molecule has 2 aliphatic heterocycles. The van der Waals surface area contributed by atoms with Crippen LogP contribution in [0.3, 0.4) is 0 Å². The predicted octanol–water partition coefficient (Wildman–Crippen LogP) is 2.26. The molecule has 0 saturated carbocycles. The van der Waals surface area contributed by atoms with Crippen molar-refractivity contribution in [2.24, 2.45) is 5.92 Å². The molecule has 0 bridgehead atoms. The van der Waals surface area contributed by atoms with Gasteiger partial charge in [-0.1, -0.05) is 6.07 Å². The molecule has 0 radical (unpaired) electrons. The highest BCUT2D eigenvalue weighted by Gasteiger charge is 2.32. The van der Waals surface area contributed by atoms with Crippen molar-refractivity contribution in [3.63, 3.8) is 0 Å². The fourth-order valence-electron chi connectivity index (χ4n) is 3.45. The van der Waals surface area contributed by atoms with Gasteiger partial charge in [-0.05, 0) is 30.5 Å². The third-order valence-corrected chi connectivity index (χ3v) is 6.59. The van der Waals surface area contributed by atoms with Crippen LogP contribution in [-0.2, 0) is 16.0 Å². The van der Waals surface area contributed by atoms with Crippen LogP contribution in [0, 0.1) is 5.92 Å². The summed E-state index contributed by atoms with van der Waals surface area (Å²) in [4.78, 5) is 4.17. The van der Waals surface area contributed by atoms with E-state index in [0.29, 0.717) is 18.8 Å². The maximum absolute atomic E-state index is 12.8. The highest BCUT2D eigenvalue weighted by Crippen LogP contribution is 2.32. The summed E-state index contributed by atoms with van der Waals surface area (Å²) in [5.41, 5.74) is -0.0356. The molecule has 0 aliphatic carbocycles. The summed E-state index contributed by atoms with van der Waals surface area (Å²) < 4.78 is 61.5. The van der Waals surface area contributed by atoms with Gasteiger partial charge < -0.3 is 4.90 Å². The van der Waals surface area contributed by atoms with Gasteiger partial charge in [-0.2, -0.15) is 13.2 Å². The van der Waals surface area contributed by atoms with Crippen LogP contribution in [0.5, 0.6) is 0 Å². The molecule has 2 fully saturated rings. The first-order valence-corrected chi connectivity index (χ1v) is 9.90. The monoisotopic (exact) mass is 362 g/mol. The van der Waals surface area contributed by atoms with Crippen molar-refractivity contribution in [1.82, 2.24) is 4.90 Å². The van der Waals surface area contributed by atoms with Crippen molar-refractivity contribution >= 4 is 15.5 Å². The summed E-state index contributed by atoms with van der Waals surface area (Å²) in [6.45, 7) is 3.55. The van der Waals surface area contributed by atoms with Crippen LogP contribution in [0.2, 0.25) is 0 Å². The van der Waals surface area contributed by atoms with Crippen molar-refractivity contribution in [2.75, 3.05) is 49.1 Å². The molecule has 0 spiro atoms. The molecule has 1 atom stereocenters. The largest absolute Gasteiger partial charge is 0.416 e. The minimum Gasteiger partial charge on any atom is -0.369 e. The lowest BCUT2D eigenvalue weighted by molar-refractivity contribution is -0.137. The van der Waals surface area contributed by atoms with E-state index in [9.17, 15) is 21.6 Å². The van der Waals surface area contributed by atoms with E-state index in [0.717, 1.165) is 32.1 Å². The van der Waals surface area contributed by atoms with E-state index < -0.39 is 21.6 Å². The molecular formula is C16H21F3N2O2S. The Morgan fingerprint density at radius 3 is 2.42 bits per heavy atom. The van der Waals surface area contributed by atoms with Crippen molar-refractivity contribution < 1.29 is 21.6 Å². The van der Waals surface area contributed by atoms with E-state index in [-0.39, 0.29) is 17.4 Å². The van der Waals surface area contributed by atoms with Gasteiger partial charge in [0.1, 0.15) is 0 Å². The van der Waals surface area contributed by atoms with E-state index in [1.807, 2.05) is 4.90 Å². The lowest BCUT2D eigenvalue weighted by atomic mass is 10.1. The van der Waals surface area contributed by atoms with Crippen LogP contribution in [0.1, 0.15) is 12.0 Å². The Labute approximate surface area is 140 Å². The van der Waals surface area contributed by atoms with Gasteiger partial charge in [-0.15, -0.1) is 0 Å². The van der Waals surface area contributed by atoms with Gasteiger partial charge in [0.15, 0.2) is 9.84 Å². The van der Waals surface area contributed by atoms with Gasteiger partial charge in [0.25, 0.3) is 0 Å². The van der Waals surface area contributed by atoms with Gasteiger partial charge in [-0.3, -0.25) is 4.90 Å². The number of piperazine rings is 1. The average molecular weight is 362 g/mol. The molecule has 134 valence electrons. The van der Waals surface area contributed by atoms with Crippen LogP contribution in [-0.4, -0.2) is 57.5 Å². The van der Waals surface area contributed by atoms with E-state index in [1.165, 1.54) is 12.1 Å². The molecule has 8 heteroatoms. The molecule has 0 N–H and O–H groups in total. The van der Waals surface area contributed by atoms with Gasteiger partial charge >= 0.3 is 6.18 Å². The second kappa shape index (κ2) is 6.55. The molecule has 2 aliphatic rings. The molecule has 24 heavy (non-hydrogen) atoms. The topological polar surface area (TPSA) is 40.6 Å². The Bertz CT molecular complexity index is 683. The lowest BCUT2D eigenvalue weighted by Gasteiger charge is -2.37. The molecule has 2 heterocycles. The molecule has 2 saturated heterocycles. The lowest BCUT2D eigenvalue weighted by Crippen LogP contribution is -2.48. The maximum Gasteiger partial charge on any atom is 0.416 e. The third-order valence-electron chi connectivity index (χ3n) is 4.75. The third kappa shape index (κ3) is 4.22. The molecular weight excluding hydrogens is 341 g/mol. The van der Waals surface area contributed by atoms with Crippen LogP contribution in [0.25, 0.3) is 0 Å². The first-order valence-electron chi connectivity index (χ1n) is 8.08. The Kier molecular flexibility index (Phi) is 4.79. The second-order valence-electron chi connectivity index (χ2n) is 6.60. The Morgan fingerprint density at radius 1 is 1.12 bits per heavy atom. The SMILES string of the molecule is O=S1(=O)CCC(CN2CCN(c3cccc(C(F)(F)F)c3)CC2)C1. The van der Waals surface area contributed by atoms with Crippen LogP contribution in [0.4, 0.5) is 18.9 Å². The summed E-state index contributed by atoms with van der Waals surface area (Å²) in [7, 11) is -2.86. The number of halogens is 3. The first-order chi connectivity index (χ1) is 11.2. The maximum atomic E-state index is 12.8. The summed E-state index contributed by atoms with van der Waals surface area (Å²) >= 11 is 0.